The molecule has 1 aliphatic heterocycles. The van der Waals surface area contributed by atoms with Crippen molar-refractivity contribution < 1.29 is 4.79 Å². The highest BCUT2D eigenvalue weighted by atomic mass is 16.2. The summed E-state index contributed by atoms with van der Waals surface area (Å²) in [6.45, 7) is 1.05. The van der Waals surface area contributed by atoms with Crippen molar-refractivity contribution in [1.29, 1.82) is 0 Å². The molecule has 1 aromatic rings. The van der Waals surface area contributed by atoms with Crippen molar-refractivity contribution in [2.45, 2.75) is 51.0 Å². The van der Waals surface area contributed by atoms with Gasteiger partial charge in [-0.1, -0.05) is 24.3 Å². The number of fused-ring (bicyclic) bond motifs is 2. The Labute approximate surface area is 144 Å². The Morgan fingerprint density at radius 1 is 0.792 bits per heavy atom. The summed E-state index contributed by atoms with van der Waals surface area (Å²) in [5.74, 6) is 5.00. The van der Waals surface area contributed by atoms with Gasteiger partial charge in [-0.15, -0.1) is 0 Å². The molecular formula is C22H27NO. The average Bonchev–Trinajstić information content (AvgIpc) is 2.88. The van der Waals surface area contributed by atoms with E-state index in [4.69, 9.17) is 0 Å². The molecular weight excluding hydrogens is 294 g/mol. The van der Waals surface area contributed by atoms with Gasteiger partial charge < -0.3 is 4.90 Å². The van der Waals surface area contributed by atoms with Gasteiger partial charge in [0.15, 0.2) is 0 Å². The Bertz CT molecular complexity index is 667. The van der Waals surface area contributed by atoms with Crippen LogP contribution in [0.5, 0.6) is 0 Å². The predicted octanol–water partition coefficient (Wildman–Crippen LogP) is 3.68. The Balaban J connectivity index is 1.29. The first kappa shape index (κ1) is 13.9. The lowest BCUT2D eigenvalue weighted by atomic mass is 9.54. The molecule has 6 aliphatic rings. The lowest BCUT2D eigenvalue weighted by Crippen LogP contribution is -2.56. The molecule has 1 amide bonds. The number of carbonyl (C=O) groups is 1. The summed E-state index contributed by atoms with van der Waals surface area (Å²) >= 11 is 0. The normalized spacial score (nSPS) is 45.4. The van der Waals surface area contributed by atoms with Gasteiger partial charge >= 0.3 is 0 Å². The van der Waals surface area contributed by atoms with Gasteiger partial charge in [-0.3, -0.25) is 4.79 Å². The minimum Gasteiger partial charge on any atom is -0.339 e. The first-order valence-electron chi connectivity index (χ1n) is 10.1. The number of hydrogen-bond acceptors (Lipinski definition) is 1. The number of likely N-dealkylation sites (tertiary alicyclic amines) is 1. The molecule has 2 atom stereocenters. The zero-order valence-electron chi connectivity index (χ0n) is 14.4. The van der Waals surface area contributed by atoms with Crippen LogP contribution in [0.2, 0.25) is 0 Å². The summed E-state index contributed by atoms with van der Waals surface area (Å²) in [6.07, 6.45) is 9.26. The molecule has 7 rings (SSSR count). The summed E-state index contributed by atoms with van der Waals surface area (Å²) in [7, 11) is 0. The Hall–Kier alpha value is -1.31. The van der Waals surface area contributed by atoms with Crippen molar-refractivity contribution in [1.82, 2.24) is 4.90 Å². The minimum atomic E-state index is 0.275. The number of carbonyl (C=O) groups excluding carboxylic acids is 1. The van der Waals surface area contributed by atoms with Crippen LogP contribution in [-0.2, 0) is 17.6 Å². The van der Waals surface area contributed by atoms with E-state index >= 15 is 0 Å². The summed E-state index contributed by atoms with van der Waals surface area (Å²) in [5, 5.41) is 0. The molecule has 24 heavy (non-hydrogen) atoms. The van der Waals surface area contributed by atoms with E-state index in [9.17, 15) is 4.79 Å². The fourth-order valence-electron chi connectivity index (χ4n) is 7.49. The first-order valence-corrected chi connectivity index (χ1v) is 10.1. The van der Waals surface area contributed by atoms with Crippen LogP contribution in [0.1, 0.15) is 43.2 Å². The molecule has 1 aromatic carbocycles. The summed E-state index contributed by atoms with van der Waals surface area (Å²) in [5.41, 5.74) is 2.93. The van der Waals surface area contributed by atoms with E-state index < -0.39 is 0 Å². The van der Waals surface area contributed by atoms with Crippen LogP contribution in [0.15, 0.2) is 24.3 Å². The SMILES string of the molecule is O=C1C2Cc3ccccc3CC2CN1C1C2CC3CC(C2)CC1C3. The van der Waals surface area contributed by atoms with Gasteiger partial charge in [-0.2, -0.15) is 0 Å². The monoisotopic (exact) mass is 321 g/mol. The quantitative estimate of drug-likeness (QED) is 0.772. The van der Waals surface area contributed by atoms with E-state index in [0.29, 0.717) is 17.9 Å². The first-order chi connectivity index (χ1) is 11.8. The minimum absolute atomic E-state index is 0.275. The van der Waals surface area contributed by atoms with Gasteiger partial charge in [-0.05, 0) is 85.7 Å². The summed E-state index contributed by atoms with van der Waals surface area (Å²) in [4.78, 5) is 15.7. The number of hydrogen-bond donors (Lipinski definition) is 0. The second-order valence-electron chi connectivity index (χ2n) is 9.46. The second kappa shape index (κ2) is 4.86. The van der Waals surface area contributed by atoms with Crippen molar-refractivity contribution in [2.75, 3.05) is 6.54 Å². The zero-order chi connectivity index (χ0) is 15.8. The zero-order valence-corrected chi connectivity index (χ0v) is 14.4. The smallest absolute Gasteiger partial charge is 0.226 e. The molecule has 4 bridgehead atoms. The standard InChI is InChI=1S/C22H27NO/c24-22-20-11-16-4-2-1-3-15(16)10-19(20)12-23(22)21-17-6-13-5-14(8-17)9-18(21)7-13/h1-4,13-14,17-21H,5-12H2. The maximum atomic E-state index is 13.3. The highest BCUT2D eigenvalue weighted by Crippen LogP contribution is 2.56. The van der Waals surface area contributed by atoms with Crippen LogP contribution < -0.4 is 0 Å². The van der Waals surface area contributed by atoms with Gasteiger partial charge in [0.05, 0.1) is 0 Å². The van der Waals surface area contributed by atoms with Gasteiger partial charge in [-0.25, -0.2) is 0 Å². The van der Waals surface area contributed by atoms with Crippen molar-refractivity contribution >= 4 is 5.91 Å². The fraction of sp³-hybridized carbons (Fsp3) is 0.682. The van der Waals surface area contributed by atoms with Crippen molar-refractivity contribution in [3.63, 3.8) is 0 Å². The Kier molecular flexibility index (Phi) is 2.82. The predicted molar refractivity (Wildman–Crippen MR) is 93.4 cm³/mol. The molecule has 2 nitrogen and oxygen atoms in total. The molecule has 0 radical (unpaired) electrons. The number of benzene rings is 1. The summed E-state index contributed by atoms with van der Waals surface area (Å²) in [6, 6.07) is 9.41. The second-order valence-corrected chi connectivity index (χ2v) is 9.46. The highest BCUT2D eigenvalue weighted by Gasteiger charge is 2.54. The van der Waals surface area contributed by atoms with Crippen LogP contribution in [-0.4, -0.2) is 23.4 Å². The third-order valence-electron chi connectivity index (χ3n) is 8.18. The molecule has 5 aliphatic carbocycles. The third kappa shape index (κ3) is 1.86. The van der Waals surface area contributed by atoms with Crippen LogP contribution in [0.4, 0.5) is 0 Å². The van der Waals surface area contributed by atoms with E-state index in [2.05, 4.69) is 29.2 Å². The molecule has 126 valence electrons. The highest BCUT2D eigenvalue weighted by molar-refractivity contribution is 5.82. The van der Waals surface area contributed by atoms with E-state index in [1.165, 1.54) is 43.2 Å². The molecule has 4 saturated carbocycles. The molecule has 1 saturated heterocycles. The molecule has 1 heterocycles. The van der Waals surface area contributed by atoms with E-state index in [0.717, 1.165) is 43.1 Å². The molecule has 0 N–H and O–H groups in total. The molecule has 2 unspecified atom stereocenters. The lowest BCUT2D eigenvalue weighted by molar-refractivity contribution is -0.141. The van der Waals surface area contributed by atoms with Crippen molar-refractivity contribution in [3.8, 4) is 0 Å². The van der Waals surface area contributed by atoms with Gasteiger partial charge in [0.1, 0.15) is 0 Å². The van der Waals surface area contributed by atoms with Gasteiger partial charge in [0.2, 0.25) is 5.91 Å². The maximum Gasteiger partial charge on any atom is 0.226 e. The largest absolute Gasteiger partial charge is 0.339 e. The van der Waals surface area contributed by atoms with E-state index in [1.54, 1.807) is 0 Å². The Morgan fingerprint density at radius 2 is 1.42 bits per heavy atom. The fourth-order valence-corrected chi connectivity index (χ4v) is 7.49. The van der Waals surface area contributed by atoms with Crippen LogP contribution in [0, 0.1) is 35.5 Å². The number of nitrogens with zero attached hydrogens (tertiary/aromatic N) is 1. The molecule has 2 heteroatoms. The number of rotatable bonds is 1. The van der Waals surface area contributed by atoms with Crippen LogP contribution >= 0.6 is 0 Å². The molecule has 5 fully saturated rings. The Morgan fingerprint density at radius 3 is 2.08 bits per heavy atom. The average molecular weight is 321 g/mol. The van der Waals surface area contributed by atoms with Gasteiger partial charge in [0.25, 0.3) is 0 Å². The topological polar surface area (TPSA) is 20.3 Å². The maximum absolute atomic E-state index is 13.3. The summed E-state index contributed by atoms with van der Waals surface area (Å²) < 4.78 is 0. The van der Waals surface area contributed by atoms with Crippen LogP contribution in [0.25, 0.3) is 0 Å². The van der Waals surface area contributed by atoms with E-state index in [1.807, 2.05) is 0 Å². The molecule has 0 aromatic heterocycles. The van der Waals surface area contributed by atoms with Crippen molar-refractivity contribution in [2.24, 2.45) is 35.5 Å². The van der Waals surface area contributed by atoms with Crippen molar-refractivity contribution in [3.05, 3.63) is 35.4 Å². The number of amides is 1. The third-order valence-corrected chi connectivity index (χ3v) is 8.18. The lowest BCUT2D eigenvalue weighted by Gasteiger charge is -2.56. The van der Waals surface area contributed by atoms with Crippen LogP contribution in [0.3, 0.4) is 0 Å². The molecule has 0 spiro atoms. The van der Waals surface area contributed by atoms with E-state index in [-0.39, 0.29) is 5.92 Å². The van der Waals surface area contributed by atoms with Gasteiger partial charge in [0, 0.05) is 18.5 Å².